The number of hydrogen-bond acceptors (Lipinski definition) is 2. The molecule has 0 spiro atoms. The monoisotopic (exact) mass is 295 g/mol. The molecule has 104 valence electrons. The second-order valence-corrected chi connectivity index (χ2v) is 4.49. The molecule has 1 aromatic rings. The third-order valence-electron chi connectivity index (χ3n) is 2.57. The normalized spacial score (nSPS) is 11.8. The highest BCUT2D eigenvalue weighted by molar-refractivity contribution is 6.31. The van der Waals surface area contributed by atoms with Crippen LogP contribution in [0.25, 0.3) is 0 Å². The van der Waals surface area contributed by atoms with Gasteiger partial charge in [-0.25, -0.2) is 4.39 Å². The van der Waals surface area contributed by atoms with Crippen LogP contribution >= 0.6 is 24.0 Å². The van der Waals surface area contributed by atoms with Gasteiger partial charge in [0.1, 0.15) is 11.6 Å². The third-order valence-corrected chi connectivity index (χ3v) is 2.91. The van der Waals surface area contributed by atoms with Crippen LogP contribution in [0.4, 0.5) is 4.39 Å². The van der Waals surface area contributed by atoms with E-state index >= 15 is 0 Å². The minimum absolute atomic E-state index is 0. The molecule has 0 fully saturated rings. The molecule has 0 aliphatic carbocycles. The Balaban J connectivity index is 0.00000289. The Kier molecular flexibility index (Phi) is 8.32. The Hall–Kier alpha value is -0.510. The maximum Gasteiger partial charge on any atom is 0.128 e. The molecule has 0 bridgehead atoms. The lowest BCUT2D eigenvalue weighted by atomic mass is 10.0. The molecular formula is C13H20Cl2FNO. The molecule has 2 nitrogen and oxygen atoms in total. The average Bonchev–Trinajstić information content (AvgIpc) is 2.29. The van der Waals surface area contributed by atoms with E-state index in [2.05, 4.69) is 0 Å². The summed E-state index contributed by atoms with van der Waals surface area (Å²) in [5, 5.41) is 0.389. The van der Waals surface area contributed by atoms with Crippen LogP contribution in [-0.4, -0.2) is 12.6 Å². The van der Waals surface area contributed by atoms with Gasteiger partial charge in [-0.3, -0.25) is 0 Å². The summed E-state index contributed by atoms with van der Waals surface area (Å²) in [5.74, 6) is 0.135. The fourth-order valence-electron chi connectivity index (χ4n) is 1.53. The molecule has 0 aliphatic heterocycles. The van der Waals surface area contributed by atoms with Gasteiger partial charge in [-0.15, -0.1) is 12.4 Å². The first kappa shape index (κ1) is 17.5. The Morgan fingerprint density at radius 1 is 1.39 bits per heavy atom. The topological polar surface area (TPSA) is 35.2 Å². The molecule has 0 saturated heterocycles. The lowest BCUT2D eigenvalue weighted by Gasteiger charge is -2.15. The van der Waals surface area contributed by atoms with Crippen LogP contribution in [-0.2, 0) is 6.42 Å². The Morgan fingerprint density at radius 2 is 2.06 bits per heavy atom. The highest BCUT2D eigenvalue weighted by Gasteiger charge is 2.13. The summed E-state index contributed by atoms with van der Waals surface area (Å²) in [6.07, 6.45) is 2.32. The maximum absolute atomic E-state index is 13.3. The van der Waals surface area contributed by atoms with E-state index in [0.717, 1.165) is 18.4 Å². The van der Waals surface area contributed by atoms with Gasteiger partial charge in [0.25, 0.3) is 0 Å². The Bertz CT molecular complexity index is 374. The summed E-state index contributed by atoms with van der Waals surface area (Å²) >= 11 is 6.04. The summed E-state index contributed by atoms with van der Waals surface area (Å²) in [4.78, 5) is 0. The van der Waals surface area contributed by atoms with E-state index in [1.54, 1.807) is 0 Å². The molecule has 0 aromatic heterocycles. The Labute approximate surface area is 119 Å². The summed E-state index contributed by atoms with van der Waals surface area (Å²) in [7, 11) is 0. The second kappa shape index (κ2) is 8.57. The fourth-order valence-corrected chi connectivity index (χ4v) is 1.80. The van der Waals surface area contributed by atoms with E-state index in [-0.39, 0.29) is 24.3 Å². The van der Waals surface area contributed by atoms with Crippen molar-refractivity contribution in [3.63, 3.8) is 0 Å². The summed E-state index contributed by atoms with van der Waals surface area (Å²) in [6, 6.07) is 2.69. The fraction of sp³-hybridized carbons (Fsp3) is 0.538. The highest BCUT2D eigenvalue weighted by atomic mass is 35.5. The van der Waals surface area contributed by atoms with E-state index in [9.17, 15) is 4.39 Å². The van der Waals surface area contributed by atoms with Crippen molar-refractivity contribution in [1.82, 2.24) is 0 Å². The van der Waals surface area contributed by atoms with Gasteiger partial charge in [0.15, 0.2) is 0 Å². The van der Waals surface area contributed by atoms with E-state index in [1.807, 2.05) is 13.8 Å². The van der Waals surface area contributed by atoms with Gasteiger partial charge in [-0.2, -0.15) is 0 Å². The van der Waals surface area contributed by atoms with Gasteiger partial charge in [0.05, 0.1) is 11.6 Å². The number of nitrogens with two attached hydrogens (primary N) is 1. The van der Waals surface area contributed by atoms with Gasteiger partial charge < -0.3 is 10.5 Å². The van der Waals surface area contributed by atoms with Crippen molar-refractivity contribution in [1.29, 1.82) is 0 Å². The zero-order valence-corrected chi connectivity index (χ0v) is 12.3. The summed E-state index contributed by atoms with van der Waals surface area (Å²) in [5.41, 5.74) is 6.70. The van der Waals surface area contributed by atoms with Crippen LogP contribution in [0.1, 0.15) is 32.3 Å². The summed E-state index contributed by atoms with van der Waals surface area (Å²) < 4.78 is 18.8. The van der Waals surface area contributed by atoms with Crippen molar-refractivity contribution in [2.45, 2.75) is 39.2 Å². The quantitative estimate of drug-likeness (QED) is 0.862. The lowest BCUT2D eigenvalue weighted by Crippen LogP contribution is -2.22. The van der Waals surface area contributed by atoms with E-state index in [0.29, 0.717) is 23.8 Å². The van der Waals surface area contributed by atoms with Gasteiger partial charge in [0, 0.05) is 17.7 Å². The molecule has 1 rings (SSSR count). The van der Waals surface area contributed by atoms with E-state index < -0.39 is 0 Å². The maximum atomic E-state index is 13.3. The van der Waals surface area contributed by atoms with Crippen LogP contribution in [0, 0.1) is 5.82 Å². The molecule has 18 heavy (non-hydrogen) atoms. The number of hydrogen-bond donors (Lipinski definition) is 1. The smallest absolute Gasteiger partial charge is 0.128 e. The molecule has 2 N–H and O–H groups in total. The van der Waals surface area contributed by atoms with Crippen molar-refractivity contribution in [2.24, 2.45) is 5.73 Å². The molecule has 0 heterocycles. The van der Waals surface area contributed by atoms with Gasteiger partial charge in [-0.05, 0) is 25.3 Å². The highest BCUT2D eigenvalue weighted by Crippen LogP contribution is 2.29. The number of ether oxygens (including phenoxy) is 1. The average molecular weight is 296 g/mol. The number of rotatable bonds is 6. The molecule has 0 saturated carbocycles. The molecule has 1 aromatic carbocycles. The first-order chi connectivity index (χ1) is 8.08. The Morgan fingerprint density at radius 3 is 2.61 bits per heavy atom. The first-order valence-corrected chi connectivity index (χ1v) is 6.32. The molecule has 0 aliphatic rings. The summed E-state index contributed by atoms with van der Waals surface area (Å²) in [6.45, 7) is 4.56. The number of benzene rings is 1. The molecule has 1 unspecified atom stereocenters. The predicted octanol–water partition coefficient (Wildman–Crippen LogP) is 3.97. The van der Waals surface area contributed by atoms with Gasteiger partial charge in [0.2, 0.25) is 0 Å². The molecule has 5 heteroatoms. The third kappa shape index (κ3) is 5.01. The zero-order chi connectivity index (χ0) is 12.8. The van der Waals surface area contributed by atoms with Crippen LogP contribution in [0.2, 0.25) is 5.02 Å². The van der Waals surface area contributed by atoms with E-state index in [1.165, 1.54) is 12.1 Å². The zero-order valence-electron chi connectivity index (χ0n) is 10.7. The second-order valence-electron chi connectivity index (χ2n) is 4.09. The van der Waals surface area contributed by atoms with Gasteiger partial charge in [-0.1, -0.05) is 25.4 Å². The molecular weight excluding hydrogens is 276 g/mol. The number of halogens is 3. The van der Waals surface area contributed by atoms with Crippen LogP contribution in [0.3, 0.4) is 0 Å². The van der Waals surface area contributed by atoms with Crippen LogP contribution in [0.15, 0.2) is 12.1 Å². The SMILES string of the molecule is CCCOc1cc(F)cc(Cl)c1CC(N)CC.Cl. The minimum Gasteiger partial charge on any atom is -0.493 e. The largest absolute Gasteiger partial charge is 0.493 e. The van der Waals surface area contributed by atoms with Crippen molar-refractivity contribution < 1.29 is 9.13 Å². The standard InChI is InChI=1S/C13H19ClFNO.ClH/c1-3-5-17-13-7-9(15)6-12(14)11(13)8-10(16)4-2;/h6-7,10H,3-5,8,16H2,1-2H3;1H. The van der Waals surface area contributed by atoms with Gasteiger partial charge >= 0.3 is 0 Å². The lowest BCUT2D eigenvalue weighted by molar-refractivity contribution is 0.311. The van der Waals surface area contributed by atoms with Crippen molar-refractivity contribution in [2.75, 3.05) is 6.61 Å². The van der Waals surface area contributed by atoms with Crippen LogP contribution in [0.5, 0.6) is 5.75 Å². The predicted molar refractivity (Wildman–Crippen MR) is 76.4 cm³/mol. The van der Waals surface area contributed by atoms with Crippen LogP contribution < -0.4 is 10.5 Å². The van der Waals surface area contributed by atoms with Crippen molar-refractivity contribution >= 4 is 24.0 Å². The molecule has 0 radical (unpaired) electrons. The first-order valence-electron chi connectivity index (χ1n) is 5.94. The van der Waals surface area contributed by atoms with E-state index in [4.69, 9.17) is 22.1 Å². The van der Waals surface area contributed by atoms with Crippen molar-refractivity contribution in [3.05, 3.63) is 28.5 Å². The minimum atomic E-state index is -0.380. The molecule has 0 amide bonds. The van der Waals surface area contributed by atoms with Crippen molar-refractivity contribution in [3.8, 4) is 5.75 Å². The molecule has 1 atom stereocenters.